The van der Waals surface area contributed by atoms with Crippen LogP contribution in [0.25, 0.3) is 0 Å². The molecule has 0 spiro atoms. The van der Waals surface area contributed by atoms with Crippen molar-refractivity contribution in [3.05, 3.63) is 17.5 Å². The lowest BCUT2D eigenvalue weighted by Crippen LogP contribution is -2.00. The van der Waals surface area contributed by atoms with Crippen LogP contribution in [-0.4, -0.2) is 31.4 Å². The molecule has 0 N–H and O–H groups in total. The van der Waals surface area contributed by atoms with E-state index in [1.807, 2.05) is 0 Å². The molecule has 0 amide bonds. The maximum Gasteiger partial charge on any atom is 0.376 e. The quantitative estimate of drug-likeness (QED) is 0.557. The average molecular weight is 277 g/mol. The van der Waals surface area contributed by atoms with Crippen LogP contribution in [0.15, 0.2) is 10.6 Å². The van der Waals surface area contributed by atoms with Crippen LogP contribution in [0.2, 0.25) is 0 Å². The number of ether oxygens (including phenoxy) is 1. The van der Waals surface area contributed by atoms with E-state index in [2.05, 4.69) is 9.89 Å². The van der Waals surface area contributed by atoms with Crippen molar-refractivity contribution < 1.29 is 27.7 Å². The third kappa shape index (κ3) is 3.94. The molecule has 0 radical (unpaired) electrons. The van der Waals surface area contributed by atoms with Crippen molar-refractivity contribution in [3.63, 3.8) is 0 Å². The first-order chi connectivity index (χ1) is 8.54. The third-order valence-electron chi connectivity index (χ3n) is 1.95. The van der Waals surface area contributed by atoms with Crippen LogP contribution in [0.1, 0.15) is 30.1 Å². The highest BCUT2D eigenvalue weighted by atomic mass is 31.2. The SMILES string of the molecule is CCOP(=O)(Cc1cc(C(=O)OC)on1)OCC. The highest BCUT2D eigenvalue weighted by molar-refractivity contribution is 7.53. The van der Waals surface area contributed by atoms with Gasteiger partial charge in [-0.05, 0) is 13.8 Å². The van der Waals surface area contributed by atoms with Gasteiger partial charge in [0.1, 0.15) is 0 Å². The Morgan fingerprint density at radius 2 is 2.00 bits per heavy atom. The van der Waals surface area contributed by atoms with Crippen LogP contribution in [0, 0.1) is 0 Å². The molecule has 8 heteroatoms. The van der Waals surface area contributed by atoms with Crippen LogP contribution < -0.4 is 0 Å². The molecule has 0 fully saturated rings. The summed E-state index contributed by atoms with van der Waals surface area (Å²) in [5.74, 6) is -0.691. The number of nitrogens with zero attached hydrogens (tertiary/aromatic N) is 1. The smallest absolute Gasteiger partial charge is 0.376 e. The van der Waals surface area contributed by atoms with Gasteiger partial charge in [-0.1, -0.05) is 5.16 Å². The van der Waals surface area contributed by atoms with Crippen LogP contribution in [0.3, 0.4) is 0 Å². The molecule has 102 valence electrons. The summed E-state index contributed by atoms with van der Waals surface area (Å²) in [5, 5.41) is 3.63. The van der Waals surface area contributed by atoms with Gasteiger partial charge in [-0.25, -0.2) is 4.79 Å². The van der Waals surface area contributed by atoms with E-state index in [1.165, 1.54) is 13.2 Å². The van der Waals surface area contributed by atoms with Crippen molar-refractivity contribution >= 4 is 13.6 Å². The first-order valence-corrected chi connectivity index (χ1v) is 7.19. The van der Waals surface area contributed by atoms with Gasteiger partial charge >= 0.3 is 13.6 Å². The molecule has 0 saturated carbocycles. The zero-order valence-electron chi connectivity index (χ0n) is 10.5. The number of aromatic nitrogens is 1. The number of hydrogen-bond acceptors (Lipinski definition) is 7. The highest BCUT2D eigenvalue weighted by Gasteiger charge is 2.27. The second-order valence-electron chi connectivity index (χ2n) is 3.28. The number of carbonyl (C=O) groups excluding carboxylic acids is 1. The van der Waals surface area contributed by atoms with Gasteiger partial charge in [0.15, 0.2) is 0 Å². The zero-order chi connectivity index (χ0) is 13.6. The lowest BCUT2D eigenvalue weighted by molar-refractivity contribution is 0.0554. The molecule has 0 aromatic carbocycles. The van der Waals surface area contributed by atoms with Crippen molar-refractivity contribution in [2.75, 3.05) is 20.3 Å². The fourth-order valence-electron chi connectivity index (χ4n) is 1.30. The fourth-order valence-corrected chi connectivity index (χ4v) is 2.89. The van der Waals surface area contributed by atoms with E-state index in [1.54, 1.807) is 13.8 Å². The van der Waals surface area contributed by atoms with Gasteiger partial charge in [0.2, 0.25) is 5.76 Å². The lowest BCUT2D eigenvalue weighted by atomic mass is 10.4. The van der Waals surface area contributed by atoms with E-state index in [9.17, 15) is 9.36 Å². The molecule has 0 aliphatic rings. The van der Waals surface area contributed by atoms with Gasteiger partial charge in [-0.2, -0.15) is 0 Å². The summed E-state index contributed by atoms with van der Waals surface area (Å²) in [5.41, 5.74) is 0.320. The fraction of sp³-hybridized carbons (Fsp3) is 0.600. The van der Waals surface area contributed by atoms with Gasteiger partial charge in [0.05, 0.1) is 32.2 Å². The Morgan fingerprint density at radius 1 is 1.39 bits per heavy atom. The summed E-state index contributed by atoms with van der Waals surface area (Å²) in [6.07, 6.45) is -0.0465. The molecule has 1 aromatic rings. The summed E-state index contributed by atoms with van der Waals surface area (Å²) in [6.45, 7) is 3.96. The van der Waals surface area contributed by atoms with Crippen molar-refractivity contribution in [1.29, 1.82) is 0 Å². The van der Waals surface area contributed by atoms with E-state index in [0.717, 1.165) is 0 Å². The summed E-state index contributed by atoms with van der Waals surface area (Å²) in [6, 6.07) is 1.36. The normalized spacial score (nSPS) is 11.5. The minimum atomic E-state index is -3.24. The van der Waals surface area contributed by atoms with Crippen LogP contribution >= 0.6 is 7.60 Å². The number of hydrogen-bond donors (Lipinski definition) is 0. The molecule has 0 unspecified atom stereocenters. The Bertz CT molecular complexity index is 433. The summed E-state index contributed by atoms with van der Waals surface area (Å²) in [4.78, 5) is 11.2. The Kier molecular flexibility index (Phi) is 5.53. The summed E-state index contributed by atoms with van der Waals surface area (Å²) < 4.78 is 31.6. The third-order valence-corrected chi connectivity index (χ3v) is 3.97. The first-order valence-electron chi connectivity index (χ1n) is 5.46. The first kappa shape index (κ1) is 14.9. The molecule has 0 atom stereocenters. The minimum Gasteiger partial charge on any atom is -0.463 e. The molecule has 0 bridgehead atoms. The lowest BCUT2D eigenvalue weighted by Gasteiger charge is -2.15. The molecule has 0 aliphatic heterocycles. The average Bonchev–Trinajstić information content (AvgIpc) is 2.76. The largest absolute Gasteiger partial charge is 0.463 e. The van der Waals surface area contributed by atoms with E-state index in [4.69, 9.17) is 13.6 Å². The van der Waals surface area contributed by atoms with E-state index in [-0.39, 0.29) is 25.1 Å². The molecule has 1 rings (SSSR count). The second kappa shape index (κ2) is 6.68. The summed E-state index contributed by atoms with van der Waals surface area (Å²) >= 11 is 0. The number of carbonyl (C=O) groups is 1. The Balaban J connectivity index is 2.78. The van der Waals surface area contributed by atoms with Crippen molar-refractivity contribution in [2.24, 2.45) is 0 Å². The van der Waals surface area contributed by atoms with Crippen LogP contribution in [0.4, 0.5) is 0 Å². The molecule has 0 saturated heterocycles. The van der Waals surface area contributed by atoms with E-state index in [0.29, 0.717) is 5.69 Å². The molecular weight excluding hydrogens is 261 g/mol. The van der Waals surface area contributed by atoms with Gasteiger partial charge in [0.25, 0.3) is 0 Å². The zero-order valence-corrected chi connectivity index (χ0v) is 11.4. The van der Waals surface area contributed by atoms with E-state index >= 15 is 0 Å². The van der Waals surface area contributed by atoms with Gasteiger partial charge < -0.3 is 18.3 Å². The molecule has 18 heavy (non-hydrogen) atoms. The maximum atomic E-state index is 12.2. The minimum absolute atomic E-state index is 0.0465. The summed E-state index contributed by atoms with van der Waals surface area (Å²) in [7, 11) is -2.01. The maximum absolute atomic E-state index is 12.2. The predicted octanol–water partition coefficient (Wildman–Crippen LogP) is 2.23. The molecule has 1 aromatic heterocycles. The van der Waals surface area contributed by atoms with Crippen LogP contribution in [-0.2, 0) is 24.5 Å². The molecular formula is C10H16NO6P. The Labute approximate surface area is 105 Å². The van der Waals surface area contributed by atoms with Gasteiger partial charge in [-0.15, -0.1) is 0 Å². The second-order valence-corrected chi connectivity index (χ2v) is 5.33. The number of methoxy groups -OCH3 is 1. The number of rotatable bonds is 7. The number of esters is 1. The molecule has 7 nitrogen and oxygen atoms in total. The van der Waals surface area contributed by atoms with E-state index < -0.39 is 13.6 Å². The molecule has 0 aliphatic carbocycles. The van der Waals surface area contributed by atoms with Crippen LogP contribution in [0.5, 0.6) is 0 Å². The van der Waals surface area contributed by atoms with Gasteiger partial charge in [-0.3, -0.25) is 4.57 Å². The van der Waals surface area contributed by atoms with Crippen molar-refractivity contribution in [2.45, 2.75) is 20.0 Å². The topological polar surface area (TPSA) is 87.9 Å². The van der Waals surface area contributed by atoms with Crippen molar-refractivity contribution in [1.82, 2.24) is 5.16 Å². The highest BCUT2D eigenvalue weighted by Crippen LogP contribution is 2.51. The monoisotopic (exact) mass is 277 g/mol. The molecule has 1 heterocycles. The Morgan fingerprint density at radius 3 is 2.50 bits per heavy atom. The standard InChI is InChI=1S/C10H16NO6P/c1-4-15-18(13,16-5-2)7-8-6-9(17-11-8)10(12)14-3/h6H,4-5,7H2,1-3H3. The van der Waals surface area contributed by atoms with Crippen molar-refractivity contribution in [3.8, 4) is 0 Å². The predicted molar refractivity (Wildman–Crippen MR) is 62.4 cm³/mol. The Hall–Kier alpha value is -1.17. The van der Waals surface area contributed by atoms with Gasteiger partial charge in [0, 0.05) is 6.07 Å².